The quantitative estimate of drug-likeness (QED) is 0.518. The van der Waals surface area contributed by atoms with Crippen LogP contribution in [-0.2, 0) is 20.0 Å². The Morgan fingerprint density at radius 1 is 0.710 bits per heavy atom. The van der Waals surface area contributed by atoms with Crippen LogP contribution in [0.25, 0.3) is 0 Å². The molecule has 31 heavy (non-hydrogen) atoms. The van der Waals surface area contributed by atoms with Crippen LogP contribution in [-0.4, -0.2) is 23.9 Å². The molecule has 0 atom stereocenters. The molecule has 3 aromatic carbocycles. The Kier molecular flexibility index (Phi) is 6.56. The Bertz CT molecular complexity index is 1250. The van der Waals surface area contributed by atoms with Crippen molar-refractivity contribution in [1.82, 2.24) is 0 Å². The number of hydrogen-bond acceptors (Lipinski definition) is 5. The third kappa shape index (κ3) is 5.36. The van der Waals surface area contributed by atoms with E-state index in [2.05, 4.69) is 9.44 Å². The van der Waals surface area contributed by atoms with E-state index in [1.165, 1.54) is 31.4 Å². The highest BCUT2D eigenvalue weighted by molar-refractivity contribution is 7.93. The summed E-state index contributed by atoms with van der Waals surface area (Å²) in [4.78, 5) is 0.120. The first kappa shape index (κ1) is 22.6. The fourth-order valence-electron chi connectivity index (χ4n) is 2.88. The van der Waals surface area contributed by atoms with Crippen molar-refractivity contribution in [2.24, 2.45) is 0 Å². The van der Waals surface area contributed by atoms with Crippen LogP contribution < -0.4 is 14.2 Å². The normalized spacial score (nSPS) is 11.9. The SMILES string of the molecule is COc1ccccc1NS(=O)(=O)c1ccc(NS(=O)(=O)c2ccc(C(C)C)cc2)cc1. The van der Waals surface area contributed by atoms with Crippen molar-refractivity contribution in [3.05, 3.63) is 78.4 Å². The average molecular weight is 461 g/mol. The van der Waals surface area contributed by atoms with E-state index in [0.717, 1.165) is 5.56 Å². The number of anilines is 2. The second kappa shape index (κ2) is 8.99. The standard InChI is InChI=1S/C22H24N2O5S2/c1-16(2)17-8-12-19(13-9-17)30(25,26)23-18-10-14-20(15-11-18)31(27,28)24-21-6-4-5-7-22(21)29-3/h4-16,23-24H,1-3H3. The average Bonchev–Trinajstić information content (AvgIpc) is 2.74. The lowest BCUT2D eigenvalue weighted by atomic mass is 10.0. The van der Waals surface area contributed by atoms with E-state index in [4.69, 9.17) is 4.74 Å². The fraction of sp³-hybridized carbons (Fsp3) is 0.182. The summed E-state index contributed by atoms with van der Waals surface area (Å²) in [5.74, 6) is 0.683. The van der Waals surface area contributed by atoms with Crippen molar-refractivity contribution in [3.8, 4) is 5.75 Å². The van der Waals surface area contributed by atoms with Gasteiger partial charge in [0.2, 0.25) is 0 Å². The summed E-state index contributed by atoms with van der Waals surface area (Å²) >= 11 is 0. The topological polar surface area (TPSA) is 102 Å². The van der Waals surface area contributed by atoms with E-state index in [1.807, 2.05) is 13.8 Å². The van der Waals surface area contributed by atoms with Gasteiger partial charge in [-0.25, -0.2) is 16.8 Å². The molecular formula is C22H24N2O5S2. The van der Waals surface area contributed by atoms with Crippen molar-refractivity contribution >= 4 is 31.4 Å². The highest BCUT2D eigenvalue weighted by atomic mass is 32.2. The minimum atomic E-state index is -3.88. The Balaban J connectivity index is 1.77. The van der Waals surface area contributed by atoms with Crippen molar-refractivity contribution in [1.29, 1.82) is 0 Å². The number of methoxy groups -OCH3 is 1. The molecule has 3 rings (SSSR count). The lowest BCUT2D eigenvalue weighted by Gasteiger charge is -2.13. The van der Waals surface area contributed by atoms with Gasteiger partial charge in [-0.15, -0.1) is 0 Å². The van der Waals surface area contributed by atoms with Crippen LogP contribution in [0.4, 0.5) is 11.4 Å². The van der Waals surface area contributed by atoms with Gasteiger partial charge in [0.1, 0.15) is 5.75 Å². The molecule has 0 amide bonds. The number of nitrogens with one attached hydrogen (secondary N) is 2. The molecule has 0 heterocycles. The van der Waals surface area contributed by atoms with Crippen molar-refractivity contribution in [3.63, 3.8) is 0 Å². The van der Waals surface area contributed by atoms with Crippen LogP contribution in [0, 0.1) is 0 Å². The van der Waals surface area contributed by atoms with E-state index in [9.17, 15) is 16.8 Å². The van der Waals surface area contributed by atoms with Gasteiger partial charge < -0.3 is 4.74 Å². The molecule has 0 aliphatic heterocycles. The number of rotatable bonds is 8. The lowest BCUT2D eigenvalue weighted by molar-refractivity contribution is 0.417. The van der Waals surface area contributed by atoms with E-state index >= 15 is 0 Å². The minimum Gasteiger partial charge on any atom is -0.495 e. The van der Waals surface area contributed by atoms with E-state index in [1.54, 1.807) is 48.5 Å². The van der Waals surface area contributed by atoms with Gasteiger partial charge in [-0.1, -0.05) is 38.1 Å². The zero-order valence-electron chi connectivity index (χ0n) is 17.4. The van der Waals surface area contributed by atoms with Gasteiger partial charge in [0.15, 0.2) is 0 Å². The highest BCUT2D eigenvalue weighted by Crippen LogP contribution is 2.27. The van der Waals surface area contributed by atoms with Crippen molar-refractivity contribution < 1.29 is 21.6 Å². The number of benzene rings is 3. The molecule has 0 bridgehead atoms. The molecule has 0 aromatic heterocycles. The van der Waals surface area contributed by atoms with Crippen LogP contribution in [0.15, 0.2) is 82.6 Å². The summed E-state index contributed by atoms with van der Waals surface area (Å²) in [5.41, 5.74) is 1.60. The van der Waals surface area contributed by atoms with Crippen LogP contribution in [0.2, 0.25) is 0 Å². The molecule has 0 aliphatic rings. The molecule has 0 unspecified atom stereocenters. The van der Waals surface area contributed by atoms with Gasteiger partial charge in [-0.3, -0.25) is 9.44 Å². The molecule has 0 fully saturated rings. The van der Waals surface area contributed by atoms with Gasteiger partial charge >= 0.3 is 0 Å². The van der Waals surface area contributed by atoms with Gasteiger partial charge in [0.25, 0.3) is 20.0 Å². The van der Waals surface area contributed by atoms with Gasteiger partial charge in [0.05, 0.1) is 22.6 Å². The number of ether oxygens (including phenoxy) is 1. The summed E-state index contributed by atoms with van der Waals surface area (Å²) in [6.45, 7) is 4.06. The summed E-state index contributed by atoms with van der Waals surface area (Å²) in [5, 5.41) is 0. The Labute approximate surface area is 183 Å². The number of hydrogen-bond donors (Lipinski definition) is 2. The molecule has 7 nitrogen and oxygen atoms in total. The lowest BCUT2D eigenvalue weighted by Crippen LogP contribution is -2.15. The minimum absolute atomic E-state index is 0.0114. The zero-order chi connectivity index (χ0) is 22.6. The Morgan fingerprint density at radius 3 is 1.77 bits per heavy atom. The highest BCUT2D eigenvalue weighted by Gasteiger charge is 2.18. The molecule has 3 aromatic rings. The monoisotopic (exact) mass is 460 g/mol. The molecule has 2 N–H and O–H groups in total. The molecular weight excluding hydrogens is 436 g/mol. The van der Waals surface area contributed by atoms with E-state index in [0.29, 0.717) is 17.4 Å². The maximum absolute atomic E-state index is 12.7. The fourth-order valence-corrected chi connectivity index (χ4v) is 5.01. The molecule has 0 saturated heterocycles. The maximum atomic E-state index is 12.7. The van der Waals surface area contributed by atoms with Crippen LogP contribution in [0.1, 0.15) is 25.3 Å². The van der Waals surface area contributed by atoms with Crippen LogP contribution in [0.5, 0.6) is 5.75 Å². The molecule has 0 radical (unpaired) electrons. The predicted molar refractivity (Wildman–Crippen MR) is 122 cm³/mol. The van der Waals surface area contributed by atoms with E-state index in [-0.39, 0.29) is 15.5 Å². The largest absolute Gasteiger partial charge is 0.495 e. The van der Waals surface area contributed by atoms with E-state index < -0.39 is 20.0 Å². The molecule has 0 spiro atoms. The molecule has 0 aliphatic carbocycles. The first-order valence-corrected chi connectivity index (χ1v) is 12.5. The first-order valence-electron chi connectivity index (χ1n) is 9.51. The van der Waals surface area contributed by atoms with Gasteiger partial charge in [-0.05, 0) is 60.0 Å². The van der Waals surface area contributed by atoms with Crippen LogP contribution >= 0.6 is 0 Å². The summed E-state index contributed by atoms with van der Waals surface area (Å²) in [7, 11) is -6.22. The van der Waals surface area contributed by atoms with Crippen LogP contribution in [0.3, 0.4) is 0 Å². The number of para-hydroxylation sites is 2. The van der Waals surface area contributed by atoms with Crippen molar-refractivity contribution in [2.75, 3.05) is 16.6 Å². The van der Waals surface area contributed by atoms with Gasteiger partial charge in [0, 0.05) is 5.69 Å². The molecule has 0 saturated carbocycles. The predicted octanol–water partition coefficient (Wildman–Crippen LogP) is 4.42. The zero-order valence-corrected chi connectivity index (χ0v) is 19.0. The second-order valence-corrected chi connectivity index (χ2v) is 10.5. The Morgan fingerprint density at radius 2 is 1.23 bits per heavy atom. The summed E-state index contributed by atoms with van der Waals surface area (Å²) in [6.07, 6.45) is 0. The van der Waals surface area contributed by atoms with Gasteiger partial charge in [-0.2, -0.15) is 0 Å². The first-order chi connectivity index (χ1) is 14.6. The smallest absolute Gasteiger partial charge is 0.262 e. The number of sulfonamides is 2. The maximum Gasteiger partial charge on any atom is 0.262 e. The molecule has 164 valence electrons. The van der Waals surface area contributed by atoms with Crippen molar-refractivity contribution in [2.45, 2.75) is 29.6 Å². The summed E-state index contributed by atoms with van der Waals surface area (Å²) < 4.78 is 60.7. The molecule has 9 heteroatoms. The third-order valence-corrected chi connectivity index (χ3v) is 7.40. The Hall–Kier alpha value is -3.04. The summed E-state index contributed by atoms with van der Waals surface area (Å²) in [6, 6.07) is 18.8. The second-order valence-electron chi connectivity index (χ2n) is 7.16. The third-order valence-electron chi connectivity index (χ3n) is 4.63.